The lowest BCUT2D eigenvalue weighted by atomic mass is 10.2. The van der Waals surface area contributed by atoms with Crippen LogP contribution in [0.2, 0.25) is 0 Å². The van der Waals surface area contributed by atoms with Gasteiger partial charge in [0.1, 0.15) is 10.7 Å². The van der Waals surface area contributed by atoms with Crippen LogP contribution in [-0.2, 0) is 18.3 Å². The molecule has 3 heterocycles. The van der Waals surface area contributed by atoms with E-state index in [1.54, 1.807) is 10.9 Å². The van der Waals surface area contributed by atoms with Crippen LogP contribution >= 0.6 is 27.3 Å². The van der Waals surface area contributed by atoms with Crippen LogP contribution in [0.15, 0.2) is 28.2 Å². The lowest BCUT2D eigenvalue weighted by Crippen LogP contribution is -2.35. The molecule has 3 aromatic rings. The zero-order valence-corrected chi connectivity index (χ0v) is 16.6. The predicted octanol–water partition coefficient (Wildman–Crippen LogP) is 2.88. The monoisotopic (exact) mass is 435 g/mol. The van der Waals surface area contributed by atoms with Crippen molar-refractivity contribution in [3.8, 4) is 0 Å². The molecule has 9 heteroatoms. The van der Waals surface area contributed by atoms with Gasteiger partial charge in [-0.15, -0.1) is 11.3 Å². The first-order chi connectivity index (χ1) is 12.6. The quantitative estimate of drug-likeness (QED) is 0.681. The molecule has 0 saturated carbocycles. The number of thiazole rings is 1. The zero-order valence-electron chi connectivity index (χ0n) is 14.2. The Kier molecular flexibility index (Phi) is 5.03. The summed E-state index contributed by atoms with van der Waals surface area (Å²) in [5.41, 5.74) is 2.10. The molecule has 1 aliphatic heterocycles. The summed E-state index contributed by atoms with van der Waals surface area (Å²) in [4.78, 5) is 19.4. The van der Waals surface area contributed by atoms with Gasteiger partial charge in [-0.1, -0.05) is 15.9 Å². The number of rotatable bonds is 4. The predicted molar refractivity (Wildman–Crippen MR) is 105 cm³/mol. The first-order valence-corrected chi connectivity index (χ1v) is 9.94. The number of fused-ring (bicyclic) bond motifs is 1. The van der Waals surface area contributed by atoms with Crippen LogP contribution in [0.3, 0.4) is 0 Å². The lowest BCUT2D eigenvalue weighted by molar-refractivity contribution is 0.0341. The van der Waals surface area contributed by atoms with E-state index in [2.05, 4.69) is 36.2 Å². The van der Waals surface area contributed by atoms with E-state index in [0.717, 1.165) is 58.9 Å². The van der Waals surface area contributed by atoms with Crippen molar-refractivity contribution in [2.45, 2.75) is 6.54 Å². The SMILES string of the molecule is Cn1ncc2c(NC(=O)c3csc(CN4CCOCC4)n3)cc(Br)cc21. The summed E-state index contributed by atoms with van der Waals surface area (Å²) in [6.45, 7) is 4.06. The van der Waals surface area contributed by atoms with Gasteiger partial charge in [0.15, 0.2) is 0 Å². The number of ether oxygens (including phenoxy) is 1. The van der Waals surface area contributed by atoms with Gasteiger partial charge < -0.3 is 10.1 Å². The van der Waals surface area contributed by atoms with Gasteiger partial charge in [0.25, 0.3) is 5.91 Å². The van der Waals surface area contributed by atoms with Gasteiger partial charge in [0.05, 0.1) is 37.2 Å². The number of hydrogen-bond acceptors (Lipinski definition) is 6. The molecular weight excluding hydrogens is 418 g/mol. The summed E-state index contributed by atoms with van der Waals surface area (Å²) in [6, 6.07) is 3.85. The van der Waals surface area contributed by atoms with Crippen LogP contribution < -0.4 is 5.32 Å². The highest BCUT2D eigenvalue weighted by atomic mass is 79.9. The first-order valence-electron chi connectivity index (χ1n) is 8.27. The van der Waals surface area contributed by atoms with Crippen molar-refractivity contribution in [2.75, 3.05) is 31.6 Å². The Hall–Kier alpha value is -1.81. The average Bonchev–Trinajstić information content (AvgIpc) is 3.23. The molecule has 1 N–H and O–H groups in total. The summed E-state index contributed by atoms with van der Waals surface area (Å²) in [6.07, 6.45) is 1.75. The molecule has 0 unspecified atom stereocenters. The minimum absolute atomic E-state index is 0.210. The summed E-state index contributed by atoms with van der Waals surface area (Å²) in [5.74, 6) is -0.210. The minimum Gasteiger partial charge on any atom is -0.379 e. The molecule has 0 spiro atoms. The lowest BCUT2D eigenvalue weighted by Gasteiger charge is -2.25. The molecule has 2 aromatic heterocycles. The van der Waals surface area contributed by atoms with Crippen LogP contribution in [0.4, 0.5) is 5.69 Å². The van der Waals surface area contributed by atoms with E-state index >= 15 is 0 Å². The van der Waals surface area contributed by atoms with Gasteiger partial charge >= 0.3 is 0 Å². The van der Waals surface area contributed by atoms with Crippen molar-refractivity contribution in [1.82, 2.24) is 19.7 Å². The van der Waals surface area contributed by atoms with Crippen LogP contribution in [0.5, 0.6) is 0 Å². The van der Waals surface area contributed by atoms with E-state index < -0.39 is 0 Å². The average molecular weight is 436 g/mol. The molecule has 136 valence electrons. The molecule has 1 aromatic carbocycles. The normalized spacial score (nSPS) is 15.5. The second-order valence-corrected chi connectivity index (χ2v) is 7.98. The second kappa shape index (κ2) is 7.43. The summed E-state index contributed by atoms with van der Waals surface area (Å²) >= 11 is 5.00. The van der Waals surface area contributed by atoms with Crippen LogP contribution in [-0.4, -0.2) is 51.9 Å². The third kappa shape index (κ3) is 3.66. The van der Waals surface area contributed by atoms with E-state index in [0.29, 0.717) is 5.69 Å². The topological polar surface area (TPSA) is 72.3 Å². The summed E-state index contributed by atoms with van der Waals surface area (Å²) in [5, 5.41) is 10.9. The Morgan fingerprint density at radius 1 is 1.38 bits per heavy atom. The highest BCUT2D eigenvalue weighted by Crippen LogP contribution is 2.28. The number of carbonyl (C=O) groups excluding carboxylic acids is 1. The number of nitrogens with zero attached hydrogens (tertiary/aromatic N) is 4. The molecule has 7 nitrogen and oxygen atoms in total. The Labute approximate surface area is 163 Å². The number of halogens is 1. The number of anilines is 1. The number of nitrogens with one attached hydrogen (secondary N) is 1. The zero-order chi connectivity index (χ0) is 18.1. The number of carbonyl (C=O) groups is 1. The molecule has 0 atom stereocenters. The van der Waals surface area contributed by atoms with Crippen molar-refractivity contribution in [3.63, 3.8) is 0 Å². The number of aromatic nitrogens is 3. The van der Waals surface area contributed by atoms with Crippen molar-refractivity contribution >= 4 is 49.8 Å². The Morgan fingerprint density at radius 2 is 2.19 bits per heavy atom. The smallest absolute Gasteiger partial charge is 0.275 e. The molecule has 1 aliphatic rings. The van der Waals surface area contributed by atoms with Crippen LogP contribution in [0, 0.1) is 0 Å². The minimum atomic E-state index is -0.210. The Balaban J connectivity index is 1.50. The fourth-order valence-corrected chi connectivity index (χ4v) is 4.20. The van der Waals surface area contributed by atoms with Gasteiger partial charge in [0.2, 0.25) is 0 Å². The standard InChI is InChI=1S/C17H18BrN5O2S/c1-22-15-7-11(18)6-13(12(15)8-19-22)21-17(24)14-10-26-16(20-14)9-23-2-4-25-5-3-23/h6-8,10H,2-5,9H2,1H3,(H,21,24). The van der Waals surface area contributed by atoms with Crippen molar-refractivity contribution in [3.05, 3.63) is 38.9 Å². The molecule has 4 rings (SSSR count). The van der Waals surface area contributed by atoms with E-state index in [-0.39, 0.29) is 5.91 Å². The summed E-state index contributed by atoms with van der Waals surface area (Å²) < 4.78 is 8.02. The Morgan fingerprint density at radius 3 is 3.00 bits per heavy atom. The maximum atomic E-state index is 12.6. The maximum absolute atomic E-state index is 12.6. The molecule has 1 saturated heterocycles. The number of morpholine rings is 1. The van der Waals surface area contributed by atoms with E-state index in [1.807, 2.05) is 24.6 Å². The highest BCUT2D eigenvalue weighted by molar-refractivity contribution is 9.10. The van der Waals surface area contributed by atoms with Gasteiger partial charge in [-0.3, -0.25) is 14.4 Å². The largest absolute Gasteiger partial charge is 0.379 e. The maximum Gasteiger partial charge on any atom is 0.275 e. The van der Waals surface area contributed by atoms with E-state index in [4.69, 9.17) is 4.74 Å². The van der Waals surface area contributed by atoms with Crippen LogP contribution in [0.25, 0.3) is 10.9 Å². The number of hydrogen-bond donors (Lipinski definition) is 1. The fraction of sp³-hybridized carbons (Fsp3) is 0.353. The van der Waals surface area contributed by atoms with E-state index in [1.165, 1.54) is 11.3 Å². The third-order valence-electron chi connectivity index (χ3n) is 4.33. The number of amides is 1. The molecule has 0 radical (unpaired) electrons. The van der Waals surface area contributed by atoms with Gasteiger partial charge in [0, 0.05) is 35.4 Å². The molecule has 1 fully saturated rings. The first kappa shape index (κ1) is 17.6. The third-order valence-corrected chi connectivity index (χ3v) is 5.62. The highest BCUT2D eigenvalue weighted by Gasteiger charge is 2.17. The molecule has 1 amide bonds. The number of aryl methyl sites for hydroxylation is 1. The molecule has 0 bridgehead atoms. The van der Waals surface area contributed by atoms with Crippen LogP contribution in [0.1, 0.15) is 15.5 Å². The van der Waals surface area contributed by atoms with Crippen molar-refractivity contribution in [2.24, 2.45) is 7.05 Å². The Bertz CT molecular complexity index is 948. The summed E-state index contributed by atoms with van der Waals surface area (Å²) in [7, 11) is 1.87. The molecular formula is C17H18BrN5O2S. The molecule has 0 aliphatic carbocycles. The van der Waals surface area contributed by atoms with Gasteiger partial charge in [-0.05, 0) is 12.1 Å². The fourth-order valence-electron chi connectivity index (χ4n) is 2.94. The van der Waals surface area contributed by atoms with Crippen molar-refractivity contribution in [1.29, 1.82) is 0 Å². The second-order valence-electron chi connectivity index (χ2n) is 6.12. The van der Waals surface area contributed by atoms with Gasteiger partial charge in [-0.25, -0.2) is 4.98 Å². The van der Waals surface area contributed by atoms with Gasteiger partial charge in [-0.2, -0.15) is 5.10 Å². The van der Waals surface area contributed by atoms with E-state index in [9.17, 15) is 4.79 Å². The number of benzene rings is 1. The molecule has 26 heavy (non-hydrogen) atoms. The van der Waals surface area contributed by atoms with Crippen molar-refractivity contribution < 1.29 is 9.53 Å².